The van der Waals surface area contributed by atoms with E-state index in [2.05, 4.69) is 41.0 Å². The van der Waals surface area contributed by atoms with Crippen molar-refractivity contribution in [2.45, 2.75) is 0 Å². The number of nitro groups is 1. The van der Waals surface area contributed by atoms with Gasteiger partial charge in [-0.1, -0.05) is 60.7 Å². The van der Waals surface area contributed by atoms with Gasteiger partial charge >= 0.3 is 0 Å². The molecule has 0 saturated heterocycles. The molecule has 142 valence electrons. The van der Waals surface area contributed by atoms with Crippen LogP contribution in [-0.2, 0) is 0 Å². The second kappa shape index (κ2) is 6.16. The van der Waals surface area contributed by atoms with Gasteiger partial charge in [0.05, 0.1) is 21.3 Å². The first-order valence-electron chi connectivity index (χ1n) is 9.81. The molecule has 0 N–H and O–H groups in total. The standard InChI is InChI=1S/C26H16N2O2/c29-28(30)24-12-6-7-17-13-14-18-15-25-22(16-21(18)26(17)24)20-10-4-5-11-23(20)27(25)19-8-2-1-3-9-19/h1-16H. The van der Waals surface area contributed by atoms with E-state index in [-0.39, 0.29) is 10.6 Å². The summed E-state index contributed by atoms with van der Waals surface area (Å²) in [5.41, 5.74) is 3.44. The van der Waals surface area contributed by atoms with Crippen LogP contribution in [0.2, 0.25) is 0 Å². The van der Waals surface area contributed by atoms with E-state index in [0.717, 1.165) is 43.7 Å². The first-order valence-corrected chi connectivity index (χ1v) is 9.81. The molecule has 0 aliphatic rings. The Labute approximate surface area is 171 Å². The Hall–Kier alpha value is -4.18. The number of fused-ring (bicyclic) bond motifs is 6. The van der Waals surface area contributed by atoms with Gasteiger partial charge in [0.1, 0.15) is 0 Å². The van der Waals surface area contributed by atoms with Gasteiger partial charge in [0.25, 0.3) is 5.69 Å². The third kappa shape index (κ3) is 2.28. The van der Waals surface area contributed by atoms with E-state index >= 15 is 0 Å². The lowest BCUT2D eigenvalue weighted by molar-refractivity contribution is -0.383. The maximum Gasteiger partial charge on any atom is 0.277 e. The van der Waals surface area contributed by atoms with Gasteiger partial charge in [-0.3, -0.25) is 10.1 Å². The van der Waals surface area contributed by atoms with Crippen molar-refractivity contribution in [3.8, 4) is 5.69 Å². The predicted molar refractivity (Wildman–Crippen MR) is 122 cm³/mol. The molecule has 30 heavy (non-hydrogen) atoms. The summed E-state index contributed by atoms with van der Waals surface area (Å²) in [6.45, 7) is 0. The summed E-state index contributed by atoms with van der Waals surface area (Å²) in [7, 11) is 0. The smallest absolute Gasteiger partial charge is 0.277 e. The summed E-state index contributed by atoms with van der Waals surface area (Å²) in [4.78, 5) is 11.4. The zero-order valence-electron chi connectivity index (χ0n) is 15.9. The van der Waals surface area contributed by atoms with Crippen LogP contribution < -0.4 is 0 Å². The molecule has 0 radical (unpaired) electrons. The molecule has 0 aliphatic carbocycles. The van der Waals surface area contributed by atoms with E-state index in [1.165, 1.54) is 0 Å². The highest BCUT2D eigenvalue weighted by Gasteiger charge is 2.17. The number of rotatable bonds is 2. The second-order valence-electron chi connectivity index (χ2n) is 7.48. The fourth-order valence-corrected chi connectivity index (χ4v) is 4.56. The molecule has 0 amide bonds. The van der Waals surface area contributed by atoms with E-state index < -0.39 is 0 Å². The van der Waals surface area contributed by atoms with Crippen LogP contribution in [0.25, 0.3) is 49.0 Å². The Bertz CT molecular complexity index is 1610. The third-order valence-corrected chi connectivity index (χ3v) is 5.84. The molecular formula is C26H16N2O2. The Morgan fingerprint density at radius 3 is 2.23 bits per heavy atom. The Morgan fingerprint density at radius 2 is 1.40 bits per heavy atom. The van der Waals surface area contributed by atoms with E-state index in [1.54, 1.807) is 12.1 Å². The molecule has 1 aromatic heterocycles. The van der Waals surface area contributed by atoms with Gasteiger partial charge in [0.15, 0.2) is 0 Å². The van der Waals surface area contributed by atoms with Crippen LogP contribution in [0.4, 0.5) is 5.69 Å². The van der Waals surface area contributed by atoms with Crippen molar-refractivity contribution in [2.24, 2.45) is 0 Å². The lowest BCUT2D eigenvalue weighted by Gasteiger charge is -2.09. The summed E-state index contributed by atoms with van der Waals surface area (Å²) in [5.74, 6) is 0. The summed E-state index contributed by atoms with van der Waals surface area (Å²) in [6, 6.07) is 32.1. The topological polar surface area (TPSA) is 48.1 Å². The lowest BCUT2D eigenvalue weighted by Crippen LogP contribution is -1.93. The number of nitro benzene ring substituents is 1. The highest BCUT2D eigenvalue weighted by Crippen LogP contribution is 2.39. The molecule has 0 atom stereocenters. The molecule has 0 fully saturated rings. The summed E-state index contributed by atoms with van der Waals surface area (Å²) >= 11 is 0. The number of hydrogen-bond donors (Lipinski definition) is 0. The number of aromatic nitrogens is 1. The van der Waals surface area contributed by atoms with E-state index in [0.29, 0.717) is 5.39 Å². The molecule has 6 rings (SSSR count). The molecule has 0 saturated carbocycles. The fourth-order valence-electron chi connectivity index (χ4n) is 4.56. The molecule has 1 heterocycles. The van der Waals surface area contributed by atoms with Crippen LogP contribution in [0.1, 0.15) is 0 Å². The minimum Gasteiger partial charge on any atom is -0.309 e. The van der Waals surface area contributed by atoms with Crippen LogP contribution in [-0.4, -0.2) is 9.49 Å². The number of para-hydroxylation sites is 2. The van der Waals surface area contributed by atoms with Crippen LogP contribution >= 0.6 is 0 Å². The van der Waals surface area contributed by atoms with Gasteiger partial charge in [-0.15, -0.1) is 0 Å². The van der Waals surface area contributed by atoms with Gasteiger partial charge in [-0.2, -0.15) is 0 Å². The largest absolute Gasteiger partial charge is 0.309 e. The van der Waals surface area contributed by atoms with Crippen molar-refractivity contribution in [3.63, 3.8) is 0 Å². The zero-order valence-corrected chi connectivity index (χ0v) is 15.9. The highest BCUT2D eigenvalue weighted by molar-refractivity contribution is 6.20. The van der Waals surface area contributed by atoms with Crippen molar-refractivity contribution < 1.29 is 4.92 Å². The number of hydrogen-bond acceptors (Lipinski definition) is 2. The van der Waals surface area contributed by atoms with Gasteiger partial charge < -0.3 is 4.57 Å². The van der Waals surface area contributed by atoms with Gasteiger partial charge in [0, 0.05) is 22.5 Å². The first kappa shape index (κ1) is 16.7. The van der Waals surface area contributed by atoms with Gasteiger partial charge in [-0.05, 0) is 46.5 Å². The van der Waals surface area contributed by atoms with Crippen molar-refractivity contribution in [2.75, 3.05) is 0 Å². The average molecular weight is 388 g/mol. The SMILES string of the molecule is O=[N+]([O-])c1cccc2ccc3cc4c(cc3c12)c1ccccc1n4-c1ccccc1. The van der Waals surface area contributed by atoms with E-state index in [1.807, 2.05) is 48.5 Å². The number of benzene rings is 5. The molecule has 0 bridgehead atoms. The molecule has 6 aromatic rings. The van der Waals surface area contributed by atoms with Crippen molar-refractivity contribution in [1.29, 1.82) is 0 Å². The number of nitrogens with zero attached hydrogens (tertiary/aromatic N) is 2. The quantitative estimate of drug-likeness (QED) is 0.182. The Morgan fingerprint density at radius 1 is 0.633 bits per heavy atom. The third-order valence-electron chi connectivity index (χ3n) is 5.84. The monoisotopic (exact) mass is 388 g/mol. The highest BCUT2D eigenvalue weighted by atomic mass is 16.6. The minimum absolute atomic E-state index is 0.143. The summed E-state index contributed by atoms with van der Waals surface area (Å²) < 4.78 is 2.26. The van der Waals surface area contributed by atoms with Crippen molar-refractivity contribution >= 4 is 49.0 Å². The average Bonchev–Trinajstić information content (AvgIpc) is 3.11. The molecule has 0 spiro atoms. The van der Waals surface area contributed by atoms with Crippen LogP contribution in [0.3, 0.4) is 0 Å². The van der Waals surface area contributed by atoms with Gasteiger partial charge in [-0.25, -0.2) is 0 Å². The van der Waals surface area contributed by atoms with Gasteiger partial charge in [0.2, 0.25) is 0 Å². The van der Waals surface area contributed by atoms with Crippen LogP contribution in [0.5, 0.6) is 0 Å². The zero-order chi connectivity index (χ0) is 20.2. The molecule has 5 aromatic carbocycles. The Kier molecular flexibility index (Phi) is 3.44. The lowest BCUT2D eigenvalue weighted by atomic mass is 9.98. The van der Waals surface area contributed by atoms with Crippen LogP contribution in [0.15, 0.2) is 97.1 Å². The first-order chi connectivity index (χ1) is 14.7. The normalized spacial score (nSPS) is 11.6. The summed E-state index contributed by atoms with van der Waals surface area (Å²) in [5, 5.41) is 17.4. The predicted octanol–water partition coefficient (Wildman–Crippen LogP) is 7.00. The maximum absolute atomic E-state index is 11.7. The molecule has 4 nitrogen and oxygen atoms in total. The van der Waals surface area contributed by atoms with Crippen molar-refractivity contribution in [1.82, 2.24) is 4.57 Å². The molecule has 0 unspecified atom stereocenters. The molecule has 4 heteroatoms. The van der Waals surface area contributed by atoms with E-state index in [9.17, 15) is 10.1 Å². The maximum atomic E-state index is 11.7. The molecular weight excluding hydrogens is 372 g/mol. The molecule has 0 aliphatic heterocycles. The van der Waals surface area contributed by atoms with E-state index in [4.69, 9.17) is 0 Å². The van der Waals surface area contributed by atoms with Crippen molar-refractivity contribution in [3.05, 3.63) is 107 Å². The fraction of sp³-hybridized carbons (Fsp3) is 0. The van der Waals surface area contributed by atoms with Crippen LogP contribution in [0, 0.1) is 10.1 Å². The number of non-ortho nitro benzene ring substituents is 1. The second-order valence-corrected chi connectivity index (χ2v) is 7.48. The summed E-state index contributed by atoms with van der Waals surface area (Å²) in [6.07, 6.45) is 0. The minimum atomic E-state index is -0.292. The Balaban J connectivity index is 1.84.